The maximum Gasteiger partial charge on any atom is 0.328 e. The van der Waals surface area contributed by atoms with Gasteiger partial charge in [-0.15, -0.1) is 0 Å². The lowest BCUT2D eigenvalue weighted by atomic mass is 10.4. The molecule has 6 heteroatoms. The fourth-order valence-electron chi connectivity index (χ4n) is 1.34. The molecule has 0 bridgehead atoms. The predicted molar refractivity (Wildman–Crippen MR) is 57.7 cm³/mol. The summed E-state index contributed by atoms with van der Waals surface area (Å²) in [4.78, 5) is 11.7. The van der Waals surface area contributed by atoms with Gasteiger partial charge in [0.1, 0.15) is 4.60 Å². The molecule has 0 aromatic carbocycles. The van der Waals surface area contributed by atoms with Gasteiger partial charge in [-0.05, 0) is 22.9 Å². The Hall–Kier alpha value is -1.30. The second kappa shape index (κ2) is 4.06. The van der Waals surface area contributed by atoms with Gasteiger partial charge < -0.3 is 4.52 Å². The van der Waals surface area contributed by atoms with Crippen LogP contribution in [0.3, 0.4) is 0 Å². The summed E-state index contributed by atoms with van der Waals surface area (Å²) in [6, 6.07) is 1.75. The van der Waals surface area contributed by atoms with Gasteiger partial charge in [0, 0.05) is 25.0 Å². The van der Waals surface area contributed by atoms with E-state index in [0.29, 0.717) is 23.5 Å². The summed E-state index contributed by atoms with van der Waals surface area (Å²) in [5, 5.41) is 3.69. The third-order valence-electron chi connectivity index (χ3n) is 2.12. The molecule has 2 aromatic heterocycles. The molecule has 0 unspecified atom stereocenters. The zero-order valence-electron chi connectivity index (χ0n) is 8.18. The van der Waals surface area contributed by atoms with E-state index >= 15 is 0 Å². The van der Waals surface area contributed by atoms with Gasteiger partial charge in [-0.2, -0.15) is 0 Å². The number of hydrogen-bond donors (Lipinski definition) is 0. The largest absolute Gasteiger partial charge is 0.358 e. The van der Waals surface area contributed by atoms with E-state index in [0.717, 1.165) is 0 Å². The highest BCUT2D eigenvalue weighted by Crippen LogP contribution is 2.10. The van der Waals surface area contributed by atoms with Gasteiger partial charge >= 0.3 is 5.69 Å². The third-order valence-corrected chi connectivity index (χ3v) is 2.49. The maximum atomic E-state index is 11.7. The van der Waals surface area contributed by atoms with Gasteiger partial charge in [0.2, 0.25) is 0 Å². The molecule has 80 valence electrons. The Morgan fingerprint density at radius 3 is 2.73 bits per heavy atom. The molecule has 0 saturated heterocycles. The minimum absolute atomic E-state index is 0.0370. The second-order valence-electron chi connectivity index (χ2n) is 3.11. The average Bonchev–Trinajstić information content (AvgIpc) is 2.76. The Bertz CT molecular complexity index is 511. The highest BCUT2D eigenvalue weighted by atomic mass is 79.9. The van der Waals surface area contributed by atoms with Crippen LogP contribution in [0.5, 0.6) is 0 Å². The van der Waals surface area contributed by atoms with E-state index in [2.05, 4.69) is 21.1 Å². The molecule has 2 heterocycles. The normalized spacial score (nSPS) is 10.8. The van der Waals surface area contributed by atoms with Crippen LogP contribution in [0.4, 0.5) is 0 Å². The predicted octanol–water partition coefficient (Wildman–Crippen LogP) is 1.47. The van der Waals surface area contributed by atoms with E-state index < -0.39 is 0 Å². The van der Waals surface area contributed by atoms with Crippen LogP contribution in [0.15, 0.2) is 32.4 Å². The Kier molecular flexibility index (Phi) is 2.77. The lowest BCUT2D eigenvalue weighted by Gasteiger charge is -1.96. The van der Waals surface area contributed by atoms with Crippen molar-refractivity contribution in [2.75, 3.05) is 0 Å². The standard InChI is InChI=1S/C9H10BrN3O2/c1-2-12-3-4-13(9(12)14)6-7-5-8(10)11-15-7/h3-5H,2,6H2,1H3. The van der Waals surface area contributed by atoms with Crippen molar-refractivity contribution in [3.8, 4) is 0 Å². The first kappa shape index (κ1) is 10.2. The molecule has 2 rings (SSSR count). The van der Waals surface area contributed by atoms with Crippen LogP contribution in [-0.2, 0) is 13.1 Å². The zero-order chi connectivity index (χ0) is 10.8. The molecule has 0 fully saturated rings. The van der Waals surface area contributed by atoms with Crippen LogP contribution in [0.25, 0.3) is 0 Å². The topological polar surface area (TPSA) is 53.0 Å². The molecule has 5 nitrogen and oxygen atoms in total. The van der Waals surface area contributed by atoms with Crippen LogP contribution in [0.2, 0.25) is 0 Å². The van der Waals surface area contributed by atoms with E-state index in [4.69, 9.17) is 4.52 Å². The molecule has 15 heavy (non-hydrogen) atoms. The fourth-order valence-corrected chi connectivity index (χ4v) is 1.67. The molecule has 0 spiro atoms. The molecule has 0 aliphatic heterocycles. The molecule has 0 saturated carbocycles. The minimum Gasteiger partial charge on any atom is -0.358 e. The lowest BCUT2D eigenvalue weighted by Crippen LogP contribution is -2.23. The van der Waals surface area contributed by atoms with Crippen molar-refractivity contribution in [1.29, 1.82) is 0 Å². The van der Waals surface area contributed by atoms with Gasteiger partial charge in [0.15, 0.2) is 5.76 Å². The fraction of sp³-hybridized carbons (Fsp3) is 0.333. The molecule has 0 atom stereocenters. The first-order chi connectivity index (χ1) is 7.20. The van der Waals surface area contributed by atoms with Crippen molar-refractivity contribution in [1.82, 2.24) is 14.3 Å². The van der Waals surface area contributed by atoms with Gasteiger partial charge in [0.05, 0.1) is 6.54 Å². The first-order valence-corrected chi connectivity index (χ1v) is 5.36. The summed E-state index contributed by atoms with van der Waals surface area (Å²) < 4.78 is 8.85. The Morgan fingerprint density at radius 2 is 2.20 bits per heavy atom. The van der Waals surface area contributed by atoms with Crippen molar-refractivity contribution in [3.63, 3.8) is 0 Å². The molecule has 0 amide bonds. The van der Waals surface area contributed by atoms with Crippen molar-refractivity contribution in [2.24, 2.45) is 0 Å². The molecule has 0 N–H and O–H groups in total. The van der Waals surface area contributed by atoms with E-state index in [9.17, 15) is 4.79 Å². The quantitative estimate of drug-likeness (QED) is 0.850. The van der Waals surface area contributed by atoms with Gasteiger partial charge in [-0.3, -0.25) is 9.13 Å². The number of aryl methyl sites for hydroxylation is 1. The summed E-state index contributed by atoms with van der Waals surface area (Å²) in [5.41, 5.74) is -0.0370. The SMILES string of the molecule is CCn1ccn(Cc2cc(Br)no2)c1=O. The monoisotopic (exact) mass is 271 g/mol. The number of hydrogen-bond acceptors (Lipinski definition) is 3. The molecule has 0 aliphatic carbocycles. The van der Waals surface area contributed by atoms with Crippen LogP contribution < -0.4 is 5.69 Å². The number of nitrogens with zero attached hydrogens (tertiary/aromatic N) is 3. The van der Waals surface area contributed by atoms with Crippen LogP contribution >= 0.6 is 15.9 Å². The summed E-state index contributed by atoms with van der Waals surface area (Å²) in [7, 11) is 0. The van der Waals surface area contributed by atoms with Crippen molar-refractivity contribution >= 4 is 15.9 Å². The highest BCUT2D eigenvalue weighted by molar-refractivity contribution is 9.10. The van der Waals surface area contributed by atoms with E-state index in [1.807, 2.05) is 6.92 Å². The average molecular weight is 272 g/mol. The van der Waals surface area contributed by atoms with E-state index in [-0.39, 0.29) is 5.69 Å². The van der Waals surface area contributed by atoms with E-state index in [1.54, 1.807) is 27.6 Å². The Balaban J connectivity index is 2.25. The van der Waals surface area contributed by atoms with Gasteiger partial charge in [-0.25, -0.2) is 4.79 Å². The van der Waals surface area contributed by atoms with Gasteiger partial charge in [0.25, 0.3) is 0 Å². The van der Waals surface area contributed by atoms with Gasteiger partial charge in [-0.1, -0.05) is 5.16 Å². The molecule has 0 radical (unpaired) electrons. The van der Waals surface area contributed by atoms with Crippen molar-refractivity contribution in [2.45, 2.75) is 20.0 Å². The van der Waals surface area contributed by atoms with Crippen molar-refractivity contribution < 1.29 is 4.52 Å². The summed E-state index contributed by atoms with van der Waals surface area (Å²) >= 11 is 3.19. The van der Waals surface area contributed by atoms with E-state index in [1.165, 1.54) is 0 Å². The molecular weight excluding hydrogens is 262 g/mol. The van der Waals surface area contributed by atoms with Crippen molar-refractivity contribution in [3.05, 3.63) is 39.3 Å². The zero-order valence-corrected chi connectivity index (χ0v) is 9.77. The lowest BCUT2D eigenvalue weighted by molar-refractivity contribution is 0.371. The van der Waals surface area contributed by atoms with Crippen LogP contribution in [-0.4, -0.2) is 14.3 Å². The minimum atomic E-state index is -0.0370. The van der Waals surface area contributed by atoms with Crippen LogP contribution in [0.1, 0.15) is 12.7 Å². The molecule has 0 aliphatic rings. The molecular formula is C9H10BrN3O2. The summed E-state index contributed by atoms with van der Waals surface area (Å²) in [6.45, 7) is 3.01. The number of aromatic nitrogens is 3. The first-order valence-electron chi connectivity index (χ1n) is 4.57. The smallest absolute Gasteiger partial charge is 0.328 e. The molecule has 2 aromatic rings. The Morgan fingerprint density at radius 1 is 1.47 bits per heavy atom. The maximum absolute atomic E-state index is 11.7. The third kappa shape index (κ3) is 2.04. The second-order valence-corrected chi connectivity index (χ2v) is 3.92. The highest BCUT2D eigenvalue weighted by Gasteiger charge is 2.06. The summed E-state index contributed by atoms with van der Waals surface area (Å²) in [6.07, 6.45) is 3.50. The number of halogens is 1. The number of imidazole rings is 1. The Labute approximate surface area is 94.4 Å². The van der Waals surface area contributed by atoms with Crippen LogP contribution in [0, 0.1) is 0 Å². The number of rotatable bonds is 3. The summed E-state index contributed by atoms with van der Waals surface area (Å²) in [5.74, 6) is 0.651.